The van der Waals surface area contributed by atoms with Crippen LogP contribution >= 0.6 is 0 Å². The molecule has 3 aliphatic rings. The Morgan fingerprint density at radius 2 is 1.90 bits per heavy atom. The van der Waals surface area contributed by atoms with E-state index in [4.69, 9.17) is 14.2 Å². The van der Waals surface area contributed by atoms with E-state index >= 15 is 0 Å². The standard InChI is InChI=1S/C23H31NO5/c1-4-27-20(25)19-12-16(19)13-24(14-18-15-28-22(2,3)29-18)21(26)23(10-11-23)17-8-6-5-7-9-17/h5-9,16,18-19H,4,10-15H2,1-3H3/t16-,18+,19-/m0/s1. The van der Waals surface area contributed by atoms with Gasteiger partial charge in [-0.2, -0.15) is 0 Å². The smallest absolute Gasteiger partial charge is 0.309 e. The highest BCUT2D eigenvalue weighted by molar-refractivity contribution is 5.91. The van der Waals surface area contributed by atoms with Gasteiger partial charge in [-0.05, 0) is 51.5 Å². The topological polar surface area (TPSA) is 65.1 Å². The van der Waals surface area contributed by atoms with Crippen molar-refractivity contribution in [3.05, 3.63) is 35.9 Å². The molecular weight excluding hydrogens is 370 g/mol. The third kappa shape index (κ3) is 4.33. The highest BCUT2D eigenvalue weighted by atomic mass is 16.7. The maximum absolute atomic E-state index is 13.7. The van der Waals surface area contributed by atoms with E-state index in [0.29, 0.717) is 26.3 Å². The Labute approximate surface area is 172 Å². The minimum absolute atomic E-state index is 0.0886. The van der Waals surface area contributed by atoms with Crippen molar-refractivity contribution in [2.24, 2.45) is 11.8 Å². The number of rotatable bonds is 8. The number of hydrogen-bond donors (Lipinski definition) is 0. The average Bonchev–Trinajstić information content (AvgIpc) is 3.60. The van der Waals surface area contributed by atoms with Crippen molar-refractivity contribution in [1.29, 1.82) is 0 Å². The second kappa shape index (κ2) is 7.73. The molecule has 0 N–H and O–H groups in total. The lowest BCUT2D eigenvalue weighted by atomic mass is 9.94. The van der Waals surface area contributed by atoms with E-state index in [9.17, 15) is 9.59 Å². The Bertz CT molecular complexity index is 758. The molecule has 1 aromatic carbocycles. The molecule has 0 aromatic heterocycles. The van der Waals surface area contributed by atoms with Crippen molar-refractivity contribution in [3.63, 3.8) is 0 Å². The lowest BCUT2D eigenvalue weighted by molar-refractivity contribution is -0.148. The Morgan fingerprint density at radius 1 is 1.17 bits per heavy atom. The van der Waals surface area contributed by atoms with Gasteiger partial charge in [0.15, 0.2) is 5.79 Å². The van der Waals surface area contributed by atoms with Crippen LogP contribution in [0.5, 0.6) is 0 Å². The lowest BCUT2D eigenvalue weighted by Gasteiger charge is -2.30. The molecule has 4 rings (SSSR count). The van der Waals surface area contributed by atoms with Gasteiger partial charge in [0.05, 0.1) is 24.5 Å². The molecule has 1 heterocycles. The monoisotopic (exact) mass is 401 g/mol. The molecule has 3 atom stereocenters. The highest BCUT2D eigenvalue weighted by Crippen LogP contribution is 2.50. The highest BCUT2D eigenvalue weighted by Gasteiger charge is 2.55. The number of carbonyl (C=O) groups is 2. The van der Waals surface area contributed by atoms with Crippen LogP contribution in [0.15, 0.2) is 30.3 Å². The third-order valence-electron chi connectivity index (χ3n) is 6.23. The zero-order chi connectivity index (χ0) is 20.6. The van der Waals surface area contributed by atoms with Crippen LogP contribution in [0, 0.1) is 11.8 Å². The molecule has 1 aromatic rings. The SMILES string of the molecule is CCOC(=O)[C@H]1C[C@H]1CN(C[C@@H]1COC(C)(C)O1)C(=O)C1(c2ccccc2)CC1. The molecule has 0 spiro atoms. The van der Waals surface area contributed by atoms with Crippen LogP contribution in [0.2, 0.25) is 0 Å². The first kappa shape index (κ1) is 20.4. The number of ether oxygens (including phenoxy) is 3. The first-order chi connectivity index (χ1) is 13.8. The van der Waals surface area contributed by atoms with Gasteiger partial charge in [-0.1, -0.05) is 30.3 Å². The van der Waals surface area contributed by atoms with E-state index in [2.05, 4.69) is 0 Å². The van der Waals surface area contributed by atoms with Gasteiger partial charge in [-0.15, -0.1) is 0 Å². The van der Waals surface area contributed by atoms with Gasteiger partial charge in [-0.3, -0.25) is 9.59 Å². The van der Waals surface area contributed by atoms with Crippen LogP contribution < -0.4 is 0 Å². The molecule has 0 unspecified atom stereocenters. The predicted molar refractivity (Wildman–Crippen MR) is 107 cm³/mol. The number of benzene rings is 1. The van der Waals surface area contributed by atoms with Gasteiger partial charge in [-0.25, -0.2) is 0 Å². The third-order valence-corrected chi connectivity index (χ3v) is 6.23. The van der Waals surface area contributed by atoms with E-state index in [1.807, 2.05) is 56.0 Å². The summed E-state index contributed by atoms with van der Waals surface area (Å²) in [5.74, 6) is -0.542. The van der Waals surface area contributed by atoms with Gasteiger partial charge in [0, 0.05) is 13.1 Å². The summed E-state index contributed by atoms with van der Waals surface area (Å²) in [6.45, 7) is 7.53. The lowest BCUT2D eigenvalue weighted by Crippen LogP contribution is -2.45. The summed E-state index contributed by atoms with van der Waals surface area (Å²) in [6, 6.07) is 10.0. The average molecular weight is 402 g/mol. The zero-order valence-electron chi connectivity index (χ0n) is 17.6. The molecule has 1 amide bonds. The van der Waals surface area contributed by atoms with E-state index < -0.39 is 11.2 Å². The Balaban J connectivity index is 1.48. The quantitative estimate of drug-likeness (QED) is 0.627. The maximum atomic E-state index is 13.7. The Morgan fingerprint density at radius 3 is 2.48 bits per heavy atom. The maximum Gasteiger partial charge on any atom is 0.309 e. The Hall–Kier alpha value is -1.92. The van der Waals surface area contributed by atoms with Crippen LogP contribution in [-0.4, -0.2) is 55.0 Å². The molecule has 2 aliphatic carbocycles. The predicted octanol–water partition coefficient (Wildman–Crippen LogP) is 2.90. The number of hydrogen-bond acceptors (Lipinski definition) is 5. The van der Waals surface area contributed by atoms with E-state index in [0.717, 1.165) is 24.8 Å². The van der Waals surface area contributed by atoms with Gasteiger partial charge in [0.25, 0.3) is 0 Å². The van der Waals surface area contributed by atoms with Crippen LogP contribution in [0.1, 0.15) is 45.6 Å². The van der Waals surface area contributed by atoms with Crippen molar-refractivity contribution in [2.75, 3.05) is 26.3 Å². The first-order valence-electron chi connectivity index (χ1n) is 10.7. The van der Waals surface area contributed by atoms with Crippen LogP contribution in [-0.2, 0) is 29.2 Å². The molecule has 29 heavy (non-hydrogen) atoms. The van der Waals surface area contributed by atoms with Gasteiger partial charge in [0.2, 0.25) is 5.91 Å². The molecule has 3 fully saturated rings. The second-order valence-corrected chi connectivity index (χ2v) is 8.96. The number of amides is 1. The fraction of sp³-hybridized carbons (Fsp3) is 0.652. The first-order valence-corrected chi connectivity index (χ1v) is 10.7. The fourth-order valence-electron chi connectivity index (χ4n) is 4.42. The summed E-state index contributed by atoms with van der Waals surface area (Å²) in [5.41, 5.74) is 0.654. The summed E-state index contributed by atoms with van der Waals surface area (Å²) >= 11 is 0. The second-order valence-electron chi connectivity index (χ2n) is 8.96. The van der Waals surface area contributed by atoms with Crippen molar-refractivity contribution < 1.29 is 23.8 Å². The summed E-state index contributed by atoms with van der Waals surface area (Å²) in [4.78, 5) is 27.6. The van der Waals surface area contributed by atoms with E-state index in [1.165, 1.54) is 0 Å². The van der Waals surface area contributed by atoms with Crippen molar-refractivity contribution in [3.8, 4) is 0 Å². The van der Waals surface area contributed by atoms with Gasteiger partial charge in [0.1, 0.15) is 6.10 Å². The summed E-state index contributed by atoms with van der Waals surface area (Å²) in [7, 11) is 0. The minimum Gasteiger partial charge on any atom is -0.466 e. The molecule has 0 bridgehead atoms. The largest absolute Gasteiger partial charge is 0.466 e. The molecule has 1 saturated heterocycles. The van der Waals surface area contributed by atoms with Crippen LogP contribution in [0.25, 0.3) is 0 Å². The van der Waals surface area contributed by atoms with Gasteiger partial charge >= 0.3 is 5.97 Å². The Kier molecular flexibility index (Phi) is 5.42. The number of esters is 1. The molecule has 1 aliphatic heterocycles. The van der Waals surface area contributed by atoms with Crippen molar-refractivity contribution in [2.45, 2.75) is 57.3 Å². The van der Waals surface area contributed by atoms with Gasteiger partial charge < -0.3 is 19.1 Å². The van der Waals surface area contributed by atoms with Crippen molar-refractivity contribution >= 4 is 11.9 Å². The minimum atomic E-state index is -0.622. The fourth-order valence-corrected chi connectivity index (χ4v) is 4.42. The summed E-state index contributed by atoms with van der Waals surface area (Å²) < 4.78 is 16.8. The van der Waals surface area contributed by atoms with Crippen molar-refractivity contribution in [1.82, 2.24) is 4.90 Å². The molecule has 6 heteroatoms. The summed E-state index contributed by atoms with van der Waals surface area (Å²) in [5, 5.41) is 0. The number of nitrogens with zero attached hydrogens (tertiary/aromatic N) is 1. The van der Waals surface area contributed by atoms with E-state index in [-0.39, 0.29) is 29.8 Å². The zero-order valence-corrected chi connectivity index (χ0v) is 17.6. The molecule has 158 valence electrons. The normalized spacial score (nSPS) is 28.6. The molecule has 6 nitrogen and oxygen atoms in total. The van der Waals surface area contributed by atoms with Crippen LogP contribution in [0.4, 0.5) is 0 Å². The molecule has 2 saturated carbocycles. The number of carbonyl (C=O) groups excluding carboxylic acids is 2. The molecule has 0 radical (unpaired) electrons. The van der Waals surface area contributed by atoms with E-state index in [1.54, 1.807) is 0 Å². The summed E-state index contributed by atoms with van der Waals surface area (Å²) in [6.07, 6.45) is 2.37. The van der Waals surface area contributed by atoms with Crippen LogP contribution in [0.3, 0.4) is 0 Å². The molecular formula is C23H31NO5.